The van der Waals surface area contributed by atoms with Crippen LogP contribution in [0.5, 0.6) is 5.75 Å². The summed E-state index contributed by atoms with van der Waals surface area (Å²) >= 11 is 9.44. The molecule has 0 N–H and O–H groups in total. The Hall–Kier alpha value is -0.210. The molecule has 1 aromatic rings. The minimum Gasteiger partial charge on any atom is -0.496 e. The average molecular weight is 278 g/mol. The predicted octanol–water partition coefficient (Wildman–Crippen LogP) is 4.06. The van der Waals surface area contributed by atoms with E-state index >= 15 is 0 Å². The van der Waals surface area contributed by atoms with Gasteiger partial charge in [0.05, 0.1) is 7.11 Å². The second kappa shape index (κ2) is 5.62. The molecular weight excluding hydrogens is 263 g/mol. The monoisotopic (exact) mass is 276 g/mol. The lowest BCUT2D eigenvalue weighted by Gasteiger charge is -2.09. The summed E-state index contributed by atoms with van der Waals surface area (Å²) < 4.78 is 5.26. The molecule has 0 fully saturated rings. The number of hydrogen-bond donors (Lipinski definition) is 0. The quantitative estimate of drug-likeness (QED) is 0.754. The third-order valence-electron chi connectivity index (χ3n) is 2.05. The van der Waals surface area contributed by atoms with Crippen molar-refractivity contribution in [2.75, 3.05) is 7.11 Å². The molecule has 0 amide bonds. The zero-order valence-electron chi connectivity index (χ0n) is 8.39. The van der Waals surface area contributed by atoms with E-state index in [1.807, 2.05) is 18.2 Å². The van der Waals surface area contributed by atoms with E-state index in [-0.39, 0.29) is 0 Å². The van der Waals surface area contributed by atoms with E-state index in [2.05, 4.69) is 22.9 Å². The van der Waals surface area contributed by atoms with Crippen LogP contribution in [-0.2, 0) is 6.42 Å². The summed E-state index contributed by atoms with van der Waals surface area (Å²) in [5.41, 5.74) is 1.17. The van der Waals surface area contributed by atoms with Crippen LogP contribution in [0.2, 0.25) is 5.02 Å². The molecule has 1 atom stereocenters. The molecule has 0 aliphatic carbocycles. The summed E-state index contributed by atoms with van der Waals surface area (Å²) in [6, 6.07) is 5.73. The maximum absolute atomic E-state index is 5.92. The minimum atomic E-state index is 0.520. The molecule has 78 valence electrons. The second-order valence-electron chi connectivity index (χ2n) is 3.28. The molecule has 0 aromatic heterocycles. The van der Waals surface area contributed by atoms with Gasteiger partial charge in [-0.15, -0.1) is 0 Å². The number of benzene rings is 1. The fourth-order valence-electron chi connectivity index (χ4n) is 1.30. The van der Waals surface area contributed by atoms with Gasteiger partial charge >= 0.3 is 0 Å². The zero-order valence-corrected chi connectivity index (χ0v) is 10.7. The fourth-order valence-corrected chi connectivity index (χ4v) is 1.72. The van der Waals surface area contributed by atoms with Crippen molar-refractivity contribution >= 4 is 27.5 Å². The van der Waals surface area contributed by atoms with Gasteiger partial charge in [-0.2, -0.15) is 0 Å². The van der Waals surface area contributed by atoms with Crippen molar-refractivity contribution in [3.8, 4) is 5.75 Å². The Balaban J connectivity index is 2.77. The molecule has 3 heteroatoms. The van der Waals surface area contributed by atoms with Gasteiger partial charge < -0.3 is 4.74 Å². The Labute approximate surface area is 98.5 Å². The largest absolute Gasteiger partial charge is 0.496 e. The van der Waals surface area contributed by atoms with E-state index in [4.69, 9.17) is 16.3 Å². The summed E-state index contributed by atoms with van der Waals surface area (Å²) in [5, 5.41) is 0.767. The Kier molecular flexibility index (Phi) is 4.76. The zero-order chi connectivity index (χ0) is 10.6. The molecular formula is C11H14BrClO. The van der Waals surface area contributed by atoms with Crippen molar-refractivity contribution in [3.05, 3.63) is 28.8 Å². The van der Waals surface area contributed by atoms with Crippen LogP contribution in [0.1, 0.15) is 18.9 Å². The lowest BCUT2D eigenvalue weighted by atomic mass is 10.1. The molecule has 0 aliphatic rings. The van der Waals surface area contributed by atoms with E-state index in [1.54, 1.807) is 7.11 Å². The normalized spacial score (nSPS) is 12.6. The molecule has 0 aliphatic heterocycles. The maximum atomic E-state index is 5.92. The lowest BCUT2D eigenvalue weighted by molar-refractivity contribution is 0.409. The molecule has 1 unspecified atom stereocenters. The van der Waals surface area contributed by atoms with Crippen LogP contribution in [0.15, 0.2) is 18.2 Å². The van der Waals surface area contributed by atoms with Gasteiger partial charge in [-0.05, 0) is 36.6 Å². The Morgan fingerprint density at radius 3 is 2.79 bits per heavy atom. The van der Waals surface area contributed by atoms with Gasteiger partial charge in [0.1, 0.15) is 5.75 Å². The molecule has 0 bridgehead atoms. The van der Waals surface area contributed by atoms with Crippen LogP contribution in [0.4, 0.5) is 0 Å². The SMILES string of the molecule is COc1ccc(Cl)cc1CCC(C)Br. The van der Waals surface area contributed by atoms with Crippen molar-refractivity contribution in [1.29, 1.82) is 0 Å². The van der Waals surface area contributed by atoms with Crippen LogP contribution < -0.4 is 4.74 Å². The van der Waals surface area contributed by atoms with Crippen LogP contribution in [-0.4, -0.2) is 11.9 Å². The van der Waals surface area contributed by atoms with Crippen LogP contribution in [0.25, 0.3) is 0 Å². The van der Waals surface area contributed by atoms with Crippen molar-refractivity contribution < 1.29 is 4.74 Å². The summed E-state index contributed by atoms with van der Waals surface area (Å²) in [5.74, 6) is 0.919. The summed E-state index contributed by atoms with van der Waals surface area (Å²) in [7, 11) is 1.68. The van der Waals surface area contributed by atoms with Gasteiger partial charge in [0.2, 0.25) is 0 Å². The van der Waals surface area contributed by atoms with E-state index in [0.29, 0.717) is 4.83 Å². The highest BCUT2D eigenvalue weighted by Crippen LogP contribution is 2.24. The Bertz CT molecular complexity index is 299. The third-order valence-corrected chi connectivity index (χ3v) is 2.75. The number of aryl methyl sites for hydroxylation is 1. The van der Waals surface area contributed by atoms with Gasteiger partial charge in [-0.3, -0.25) is 0 Å². The molecule has 0 heterocycles. The van der Waals surface area contributed by atoms with Crippen molar-refractivity contribution in [2.24, 2.45) is 0 Å². The molecule has 0 saturated heterocycles. The van der Waals surface area contributed by atoms with E-state index in [0.717, 1.165) is 23.6 Å². The first-order valence-corrected chi connectivity index (χ1v) is 5.89. The first-order chi connectivity index (χ1) is 6.63. The molecule has 0 radical (unpaired) electrons. The summed E-state index contributed by atoms with van der Waals surface area (Å²) in [4.78, 5) is 0.520. The lowest BCUT2D eigenvalue weighted by Crippen LogP contribution is -1.97. The van der Waals surface area contributed by atoms with Crippen LogP contribution in [0, 0.1) is 0 Å². The van der Waals surface area contributed by atoms with Gasteiger partial charge in [0.15, 0.2) is 0 Å². The fraction of sp³-hybridized carbons (Fsp3) is 0.455. The number of hydrogen-bond acceptors (Lipinski definition) is 1. The number of rotatable bonds is 4. The molecule has 14 heavy (non-hydrogen) atoms. The number of ether oxygens (including phenoxy) is 1. The van der Waals surface area contributed by atoms with Gasteiger partial charge in [0.25, 0.3) is 0 Å². The smallest absolute Gasteiger partial charge is 0.122 e. The molecule has 0 spiro atoms. The number of methoxy groups -OCH3 is 1. The average Bonchev–Trinajstić information content (AvgIpc) is 2.15. The molecule has 1 nitrogen and oxygen atoms in total. The molecule has 1 aromatic carbocycles. The molecule has 1 rings (SSSR count). The summed E-state index contributed by atoms with van der Waals surface area (Å²) in [6.45, 7) is 2.14. The van der Waals surface area contributed by atoms with Gasteiger partial charge in [-0.25, -0.2) is 0 Å². The number of halogens is 2. The maximum Gasteiger partial charge on any atom is 0.122 e. The van der Waals surface area contributed by atoms with E-state index in [1.165, 1.54) is 5.56 Å². The highest BCUT2D eigenvalue weighted by molar-refractivity contribution is 9.09. The van der Waals surface area contributed by atoms with Gasteiger partial charge in [0, 0.05) is 9.85 Å². The molecule has 0 saturated carbocycles. The van der Waals surface area contributed by atoms with E-state index < -0.39 is 0 Å². The van der Waals surface area contributed by atoms with Crippen molar-refractivity contribution in [3.63, 3.8) is 0 Å². The van der Waals surface area contributed by atoms with Crippen molar-refractivity contribution in [2.45, 2.75) is 24.6 Å². The Morgan fingerprint density at radius 1 is 1.50 bits per heavy atom. The predicted molar refractivity (Wildman–Crippen MR) is 64.7 cm³/mol. The Morgan fingerprint density at radius 2 is 2.21 bits per heavy atom. The van der Waals surface area contributed by atoms with Gasteiger partial charge in [-0.1, -0.05) is 34.5 Å². The standard InChI is InChI=1S/C11H14BrClO/c1-8(12)3-4-9-7-10(13)5-6-11(9)14-2/h5-8H,3-4H2,1-2H3. The topological polar surface area (TPSA) is 9.23 Å². The highest BCUT2D eigenvalue weighted by Gasteiger charge is 2.05. The van der Waals surface area contributed by atoms with Crippen LogP contribution in [0.3, 0.4) is 0 Å². The highest BCUT2D eigenvalue weighted by atomic mass is 79.9. The first kappa shape index (κ1) is 11.9. The first-order valence-electron chi connectivity index (χ1n) is 4.60. The minimum absolute atomic E-state index is 0.520. The van der Waals surface area contributed by atoms with E-state index in [9.17, 15) is 0 Å². The second-order valence-corrected chi connectivity index (χ2v) is 5.28. The van der Waals surface area contributed by atoms with Crippen molar-refractivity contribution in [1.82, 2.24) is 0 Å². The summed E-state index contributed by atoms with van der Waals surface area (Å²) in [6.07, 6.45) is 2.06. The third kappa shape index (κ3) is 3.50. The van der Waals surface area contributed by atoms with Crippen LogP contribution >= 0.6 is 27.5 Å². The number of alkyl halides is 1.